The first-order valence-corrected chi connectivity index (χ1v) is 6.69. The molecule has 0 aliphatic rings. The summed E-state index contributed by atoms with van der Waals surface area (Å²) in [6, 6.07) is 6.26. The summed E-state index contributed by atoms with van der Waals surface area (Å²) in [5.41, 5.74) is 1.08. The van der Waals surface area contributed by atoms with Crippen LogP contribution in [0.25, 0.3) is 0 Å². The van der Waals surface area contributed by atoms with Gasteiger partial charge in [0.2, 0.25) is 0 Å². The molecule has 0 aromatic carbocycles. The zero-order valence-electron chi connectivity index (χ0n) is 10.2. The Bertz CT molecular complexity index is 453. The maximum atomic E-state index is 4.35. The van der Waals surface area contributed by atoms with Gasteiger partial charge in [0, 0.05) is 29.9 Å². The molecule has 0 aliphatic carbocycles. The summed E-state index contributed by atoms with van der Waals surface area (Å²) in [6.07, 6.45) is 4.80. The van der Waals surface area contributed by atoms with Gasteiger partial charge in [0.25, 0.3) is 0 Å². The van der Waals surface area contributed by atoms with E-state index in [-0.39, 0.29) is 6.04 Å². The third kappa shape index (κ3) is 3.35. The molecular formula is C13H17N3S. The molecule has 2 aromatic rings. The van der Waals surface area contributed by atoms with Crippen molar-refractivity contribution in [1.82, 2.24) is 15.3 Å². The minimum absolute atomic E-state index is 0.267. The molecule has 0 amide bonds. The van der Waals surface area contributed by atoms with Gasteiger partial charge in [-0.2, -0.15) is 0 Å². The van der Waals surface area contributed by atoms with E-state index in [1.807, 2.05) is 30.6 Å². The molecular weight excluding hydrogens is 230 g/mol. The normalized spacial score (nSPS) is 12.6. The van der Waals surface area contributed by atoms with Crippen molar-refractivity contribution < 1.29 is 0 Å². The number of nitrogens with one attached hydrogen (secondary N) is 1. The Morgan fingerprint density at radius 1 is 1.35 bits per heavy atom. The third-order valence-corrected chi connectivity index (χ3v) is 3.76. The molecule has 0 saturated heterocycles. The molecule has 2 aromatic heterocycles. The summed E-state index contributed by atoms with van der Waals surface area (Å²) >= 11 is 1.78. The van der Waals surface area contributed by atoms with Gasteiger partial charge in [0.15, 0.2) is 0 Å². The molecule has 0 bridgehead atoms. The van der Waals surface area contributed by atoms with E-state index in [1.165, 1.54) is 9.88 Å². The minimum atomic E-state index is 0.267. The van der Waals surface area contributed by atoms with Crippen LogP contribution in [0.3, 0.4) is 0 Å². The van der Waals surface area contributed by atoms with Crippen molar-refractivity contribution in [2.24, 2.45) is 0 Å². The molecule has 1 N–H and O–H groups in total. The Morgan fingerprint density at radius 2 is 2.24 bits per heavy atom. The fraction of sp³-hybridized carbons (Fsp3) is 0.385. The van der Waals surface area contributed by atoms with Crippen molar-refractivity contribution in [3.63, 3.8) is 0 Å². The van der Waals surface area contributed by atoms with E-state index in [0.717, 1.165) is 18.7 Å². The van der Waals surface area contributed by atoms with Crippen LogP contribution in [0.5, 0.6) is 0 Å². The predicted molar refractivity (Wildman–Crippen MR) is 71.0 cm³/mol. The smallest absolute Gasteiger partial charge is 0.0925 e. The largest absolute Gasteiger partial charge is 0.304 e. The van der Waals surface area contributed by atoms with Crippen LogP contribution in [-0.2, 0) is 13.0 Å². The highest BCUT2D eigenvalue weighted by Crippen LogP contribution is 2.15. The lowest BCUT2D eigenvalue weighted by Crippen LogP contribution is -2.18. The van der Waals surface area contributed by atoms with E-state index >= 15 is 0 Å². The Hall–Kier alpha value is -1.26. The van der Waals surface area contributed by atoms with E-state index in [1.54, 1.807) is 11.3 Å². The van der Waals surface area contributed by atoms with E-state index in [9.17, 15) is 0 Å². The second kappa shape index (κ2) is 5.89. The number of nitrogens with zero attached hydrogens (tertiary/aromatic N) is 2. The number of thiazole rings is 1. The second-order valence-corrected chi connectivity index (χ2v) is 5.13. The zero-order valence-corrected chi connectivity index (χ0v) is 11.0. The molecule has 17 heavy (non-hydrogen) atoms. The van der Waals surface area contributed by atoms with E-state index in [0.29, 0.717) is 0 Å². The lowest BCUT2D eigenvalue weighted by molar-refractivity contribution is 0.565. The molecule has 1 atom stereocenters. The molecule has 0 spiro atoms. The third-order valence-electron chi connectivity index (χ3n) is 2.62. The number of pyridine rings is 1. The van der Waals surface area contributed by atoms with Gasteiger partial charge in [-0.25, -0.2) is 4.98 Å². The molecule has 3 nitrogen and oxygen atoms in total. The minimum Gasteiger partial charge on any atom is -0.304 e. The molecule has 1 unspecified atom stereocenters. The summed E-state index contributed by atoms with van der Waals surface area (Å²) in [6.45, 7) is 5.12. The maximum Gasteiger partial charge on any atom is 0.0925 e. The Morgan fingerprint density at radius 3 is 2.88 bits per heavy atom. The molecule has 90 valence electrons. The summed E-state index contributed by atoms with van der Waals surface area (Å²) in [5, 5.41) is 4.66. The average Bonchev–Trinajstić information content (AvgIpc) is 2.85. The van der Waals surface area contributed by atoms with Gasteiger partial charge in [-0.1, -0.05) is 13.0 Å². The van der Waals surface area contributed by atoms with E-state index in [2.05, 4.69) is 29.1 Å². The summed E-state index contributed by atoms with van der Waals surface area (Å²) < 4.78 is 0. The summed E-state index contributed by atoms with van der Waals surface area (Å²) in [4.78, 5) is 9.97. The van der Waals surface area contributed by atoms with Gasteiger partial charge in [0.05, 0.1) is 10.7 Å². The van der Waals surface area contributed by atoms with Crippen molar-refractivity contribution >= 4 is 11.3 Å². The highest BCUT2D eigenvalue weighted by molar-refractivity contribution is 7.11. The van der Waals surface area contributed by atoms with Crippen molar-refractivity contribution in [3.8, 4) is 0 Å². The van der Waals surface area contributed by atoms with Crippen LogP contribution >= 0.6 is 11.3 Å². The Labute approximate surface area is 106 Å². The number of aromatic nitrogens is 2. The van der Waals surface area contributed by atoms with Crippen LogP contribution < -0.4 is 5.32 Å². The van der Waals surface area contributed by atoms with Crippen LogP contribution in [0.15, 0.2) is 30.6 Å². The maximum absolute atomic E-state index is 4.35. The van der Waals surface area contributed by atoms with Crippen molar-refractivity contribution in [2.45, 2.75) is 32.9 Å². The predicted octanol–water partition coefficient (Wildman–Crippen LogP) is 2.95. The van der Waals surface area contributed by atoms with E-state index in [4.69, 9.17) is 0 Å². The highest BCUT2D eigenvalue weighted by atomic mass is 32.1. The highest BCUT2D eigenvalue weighted by Gasteiger charge is 2.06. The van der Waals surface area contributed by atoms with Crippen LogP contribution in [0.1, 0.15) is 35.5 Å². The second-order valence-electron chi connectivity index (χ2n) is 3.93. The SMILES string of the molecule is CCc1ncc(CNC(C)c2ccccn2)s1. The van der Waals surface area contributed by atoms with Crippen LogP contribution in [0.4, 0.5) is 0 Å². The first kappa shape index (κ1) is 12.2. The number of rotatable bonds is 5. The zero-order chi connectivity index (χ0) is 12.1. The molecule has 0 saturated carbocycles. The summed E-state index contributed by atoms with van der Waals surface area (Å²) in [5.74, 6) is 0. The monoisotopic (exact) mass is 247 g/mol. The lowest BCUT2D eigenvalue weighted by Gasteiger charge is -2.11. The van der Waals surface area contributed by atoms with Crippen LogP contribution in [-0.4, -0.2) is 9.97 Å². The van der Waals surface area contributed by atoms with Gasteiger partial charge < -0.3 is 5.32 Å². The molecule has 2 rings (SSSR count). The average molecular weight is 247 g/mol. The molecule has 0 radical (unpaired) electrons. The first-order valence-electron chi connectivity index (χ1n) is 5.87. The van der Waals surface area contributed by atoms with E-state index < -0.39 is 0 Å². The lowest BCUT2D eigenvalue weighted by atomic mass is 10.2. The summed E-state index contributed by atoms with van der Waals surface area (Å²) in [7, 11) is 0. The first-order chi connectivity index (χ1) is 8.29. The van der Waals surface area contributed by atoms with Gasteiger partial charge in [0.1, 0.15) is 0 Å². The fourth-order valence-electron chi connectivity index (χ4n) is 1.58. The van der Waals surface area contributed by atoms with Gasteiger partial charge in [-0.3, -0.25) is 4.98 Å². The van der Waals surface area contributed by atoms with Crippen molar-refractivity contribution in [2.75, 3.05) is 0 Å². The number of hydrogen-bond acceptors (Lipinski definition) is 4. The van der Waals surface area contributed by atoms with Gasteiger partial charge >= 0.3 is 0 Å². The van der Waals surface area contributed by atoms with Crippen molar-refractivity contribution in [3.05, 3.63) is 46.2 Å². The number of hydrogen-bond donors (Lipinski definition) is 1. The molecule has 0 aliphatic heterocycles. The van der Waals surface area contributed by atoms with Gasteiger partial charge in [-0.05, 0) is 25.5 Å². The quantitative estimate of drug-likeness (QED) is 0.882. The Balaban J connectivity index is 1.90. The Kier molecular flexibility index (Phi) is 4.23. The molecule has 4 heteroatoms. The van der Waals surface area contributed by atoms with Gasteiger partial charge in [-0.15, -0.1) is 11.3 Å². The molecule has 0 fully saturated rings. The van der Waals surface area contributed by atoms with Crippen molar-refractivity contribution in [1.29, 1.82) is 0 Å². The van der Waals surface area contributed by atoms with Crippen LogP contribution in [0.2, 0.25) is 0 Å². The standard InChI is InChI=1S/C13H17N3S/c1-3-13-16-9-11(17-13)8-15-10(2)12-6-4-5-7-14-12/h4-7,9-10,15H,3,8H2,1-2H3. The van der Waals surface area contributed by atoms with Crippen LogP contribution in [0, 0.1) is 0 Å². The molecule has 2 heterocycles. The number of aryl methyl sites for hydroxylation is 1. The topological polar surface area (TPSA) is 37.8 Å². The fourth-order valence-corrected chi connectivity index (χ4v) is 2.40.